The molecule has 20 nitrogen and oxygen atoms in total. The maximum Gasteiger partial charge on any atom is 0.244 e. The van der Waals surface area contributed by atoms with E-state index in [1.54, 1.807) is 11.8 Å². The summed E-state index contributed by atoms with van der Waals surface area (Å²) in [6.45, 7) is 2.75. The minimum atomic E-state index is -1.35. The Morgan fingerprint density at radius 1 is 0.560 bits per heavy atom. The van der Waals surface area contributed by atoms with Crippen LogP contribution in [0.2, 0.25) is 0 Å². The van der Waals surface area contributed by atoms with Gasteiger partial charge in [0.05, 0.1) is 0 Å². The maximum absolute atomic E-state index is 15.4. The Bertz CT molecular complexity index is 2850. The van der Waals surface area contributed by atoms with Crippen LogP contribution in [0, 0.1) is 0 Å². The third kappa shape index (κ3) is 29.3. The van der Waals surface area contributed by atoms with Crippen LogP contribution in [0.1, 0.15) is 156 Å². The van der Waals surface area contributed by atoms with Crippen molar-refractivity contribution in [3.8, 4) is 0 Å². The minimum absolute atomic E-state index is 0.0173. The fraction of sp³-hybridized carbons (Fsp3) is 0.515. The molecular formula is C68H99N13O7S3. The summed E-state index contributed by atoms with van der Waals surface area (Å²) in [5.41, 5.74) is 26.9. The van der Waals surface area contributed by atoms with E-state index in [-0.39, 0.29) is 80.9 Å². The number of hydrogen-bond donors (Lipinski definition) is 12. The van der Waals surface area contributed by atoms with Gasteiger partial charge in [0.25, 0.3) is 0 Å². The summed E-state index contributed by atoms with van der Waals surface area (Å²) < 4.78 is 0. The van der Waals surface area contributed by atoms with Crippen LogP contribution >= 0.6 is 36.2 Å². The summed E-state index contributed by atoms with van der Waals surface area (Å²) in [5.74, 6) is -3.82. The van der Waals surface area contributed by atoms with Crippen molar-refractivity contribution < 1.29 is 33.6 Å². The number of hydrogen-bond acceptors (Lipinski definition) is 12. The number of rotatable bonds is 31. The molecule has 1 aliphatic rings. The van der Waals surface area contributed by atoms with Gasteiger partial charge >= 0.3 is 0 Å². The zero-order valence-corrected chi connectivity index (χ0v) is 55.5. The number of aliphatic imine (C=N–C) groups is 2. The van der Waals surface area contributed by atoms with Gasteiger partial charge in [-0.15, -0.1) is 0 Å². The van der Waals surface area contributed by atoms with Crippen molar-refractivity contribution in [2.24, 2.45) is 32.9 Å². The summed E-state index contributed by atoms with van der Waals surface area (Å²) in [5, 5.41) is 20.4. The number of nitrogens with zero attached hydrogens (tertiary/aromatic N) is 2. The molecule has 1 heterocycles. The van der Waals surface area contributed by atoms with Gasteiger partial charge in [0.1, 0.15) is 36.3 Å². The van der Waals surface area contributed by atoms with Crippen molar-refractivity contribution in [1.29, 1.82) is 0 Å². The zero-order chi connectivity index (χ0) is 65.4. The van der Waals surface area contributed by atoms with Crippen molar-refractivity contribution in [2.75, 3.05) is 36.9 Å². The first-order valence-corrected chi connectivity index (χ1v) is 35.3. The average Bonchev–Trinajstić information content (AvgIpc) is 1.29. The van der Waals surface area contributed by atoms with Crippen molar-refractivity contribution in [3.63, 3.8) is 0 Å². The number of amides is 7. The molecule has 1 aliphatic heterocycles. The molecule has 2 bridgehead atoms. The molecule has 0 saturated heterocycles. The van der Waals surface area contributed by atoms with Crippen LogP contribution in [0.5, 0.6) is 0 Å². The lowest BCUT2D eigenvalue weighted by Gasteiger charge is -2.30. The van der Waals surface area contributed by atoms with Crippen LogP contribution in [0.25, 0.3) is 0 Å². The highest BCUT2D eigenvalue weighted by molar-refractivity contribution is 7.98. The van der Waals surface area contributed by atoms with Crippen molar-refractivity contribution in [3.05, 3.63) is 143 Å². The van der Waals surface area contributed by atoms with Gasteiger partial charge in [0.15, 0.2) is 11.9 Å². The molecule has 91 heavy (non-hydrogen) atoms. The molecule has 15 N–H and O–H groups in total. The molecule has 496 valence electrons. The first-order valence-electron chi connectivity index (χ1n) is 32.3. The Morgan fingerprint density at radius 2 is 1.03 bits per heavy atom. The summed E-state index contributed by atoms with van der Waals surface area (Å²) in [4.78, 5) is 110. The highest BCUT2D eigenvalue weighted by Crippen LogP contribution is 2.29. The Morgan fingerprint density at radius 3 is 1.56 bits per heavy atom. The van der Waals surface area contributed by atoms with Gasteiger partial charge in [0, 0.05) is 67.2 Å². The van der Waals surface area contributed by atoms with Gasteiger partial charge < -0.3 is 60.2 Å². The Labute approximate surface area is 552 Å². The van der Waals surface area contributed by atoms with E-state index in [0.717, 1.165) is 47.1 Å². The van der Waals surface area contributed by atoms with E-state index < -0.39 is 77.6 Å². The first kappa shape index (κ1) is 74.5. The highest BCUT2D eigenvalue weighted by atomic mass is 32.2. The van der Waals surface area contributed by atoms with Crippen molar-refractivity contribution in [1.82, 2.24) is 37.2 Å². The first-order chi connectivity index (χ1) is 44.1. The predicted molar refractivity (Wildman–Crippen MR) is 372 cm³/mol. The molecule has 0 aromatic heterocycles. The third-order valence-electron chi connectivity index (χ3n) is 15.6. The van der Waals surface area contributed by atoms with Crippen LogP contribution in [0.4, 0.5) is 0 Å². The zero-order valence-electron chi connectivity index (χ0n) is 52.9. The molecular weight excluding hydrogens is 1210 g/mol. The molecule has 23 heteroatoms. The number of unbranched alkanes of at least 4 members (excludes halogenated alkanes) is 12. The number of benzene rings is 4. The molecule has 0 fully saturated rings. The van der Waals surface area contributed by atoms with Crippen LogP contribution in [-0.4, -0.2) is 126 Å². The summed E-state index contributed by atoms with van der Waals surface area (Å²) in [6.07, 6.45) is 15.9. The van der Waals surface area contributed by atoms with Crippen LogP contribution < -0.4 is 60.2 Å². The average molecular weight is 1310 g/mol. The lowest BCUT2D eigenvalue weighted by molar-refractivity contribution is -0.135. The summed E-state index contributed by atoms with van der Waals surface area (Å²) in [7, 11) is 0. The third-order valence-corrected chi connectivity index (χ3v) is 18.1. The molecule has 0 unspecified atom stereocenters. The largest absolute Gasteiger partial charge is 0.370 e. The molecule has 5 rings (SSSR count). The smallest absolute Gasteiger partial charge is 0.244 e. The monoisotopic (exact) mass is 1310 g/mol. The van der Waals surface area contributed by atoms with Gasteiger partial charge in [-0.3, -0.25) is 43.5 Å². The normalized spacial score (nSPS) is 18.5. The van der Waals surface area contributed by atoms with Gasteiger partial charge in [-0.25, -0.2) is 0 Å². The van der Waals surface area contributed by atoms with Gasteiger partial charge in [-0.05, 0) is 59.9 Å². The molecule has 7 amide bonds. The van der Waals surface area contributed by atoms with Crippen molar-refractivity contribution >= 4 is 89.4 Å². The molecule has 0 spiro atoms. The van der Waals surface area contributed by atoms with E-state index in [1.807, 2.05) is 109 Å². The molecule has 0 aliphatic carbocycles. The van der Waals surface area contributed by atoms with Gasteiger partial charge in [0.2, 0.25) is 41.4 Å². The molecule has 0 saturated carbocycles. The van der Waals surface area contributed by atoms with Crippen LogP contribution in [0.3, 0.4) is 0 Å². The number of carbonyl (C=O) groups excluding carboxylic acids is 7. The van der Waals surface area contributed by atoms with E-state index in [2.05, 4.69) is 72.8 Å². The number of guanidine groups is 2. The summed E-state index contributed by atoms with van der Waals surface area (Å²) in [6, 6.07) is 28.8. The van der Waals surface area contributed by atoms with Crippen molar-refractivity contribution in [2.45, 2.75) is 183 Å². The number of thioether (sulfide) groups is 2. The second kappa shape index (κ2) is 43.5. The fourth-order valence-corrected chi connectivity index (χ4v) is 12.8. The van der Waals surface area contributed by atoms with Gasteiger partial charge in [-0.2, -0.15) is 36.2 Å². The molecule has 6 atom stereocenters. The minimum Gasteiger partial charge on any atom is -0.370 e. The van der Waals surface area contributed by atoms with Gasteiger partial charge in [-0.1, -0.05) is 199 Å². The topological polar surface area (TPSA) is 332 Å². The number of nitrogens with one attached hydrogen (secondary N) is 7. The lowest BCUT2D eigenvalue weighted by Crippen LogP contribution is -2.60. The lowest BCUT2D eigenvalue weighted by atomic mass is 9.84. The van der Waals surface area contributed by atoms with Crippen LogP contribution in [0.15, 0.2) is 125 Å². The van der Waals surface area contributed by atoms with E-state index in [0.29, 0.717) is 30.2 Å². The quantitative estimate of drug-likeness (QED) is 0.0107. The second-order valence-electron chi connectivity index (χ2n) is 23.1. The molecule has 4 aromatic rings. The predicted octanol–water partition coefficient (Wildman–Crippen LogP) is 6.78. The number of carbonyl (C=O) groups is 7. The van der Waals surface area contributed by atoms with E-state index in [1.165, 1.54) is 69.5 Å². The number of fused-ring (bicyclic) bond motifs is 2. The standard InChI is InChI=1S/C68H99N13O7S3/c1-2-3-4-5-6-7-8-9-10-11-12-13-23-37-58(82)81-60(59(51-31-19-15-20-32-51)52-33-21-16-22-34-52)66(88)80-57-47-91-46-50-30-24-29-49(42-50)45-90-41-40-73-61(83)55(43-48-27-17-14-18-28-48)78-62(84)53(35-25-38-74-67(69)70)76-64(86)56(44-89)79-63(85)54(77-65(57)87)36-26-39-75-68(71)72/h14-22,24,27-34,42,53-57,59-60,89H,2-13,23,25-26,35-41,43-47H2,1H3,(H,73,83)(H,76,86)(H,77,87)(H,78,84)(H,79,85)(H,80,88)(H,81,82)(H4,69,70,74)(H4,71,72,75)/t53-,54-,55-,56-,57-,60-/m0/s1. The maximum atomic E-state index is 15.4. The Hall–Kier alpha value is -7.24. The molecule has 0 radical (unpaired) electrons. The van der Waals surface area contributed by atoms with E-state index >= 15 is 9.59 Å². The number of nitrogens with two attached hydrogens (primary N) is 4. The number of thiol groups is 1. The Kier molecular flexibility index (Phi) is 35.6. The van der Waals surface area contributed by atoms with E-state index in [9.17, 15) is 24.0 Å². The SMILES string of the molecule is CCCCCCCCCCCCCCCC(=O)N[C@H](C(=O)N[C@H]1CSCc2cccc(c2)CSCCNC(=O)[C@H](Cc2ccccc2)NC(=O)[C@H](CCCN=C(N)N)NC(=O)[C@H](CS)NC(=O)[C@H](CCCN=C(N)N)NC1=O)C(c1ccccc1)c1ccccc1. The van der Waals surface area contributed by atoms with E-state index in [4.69, 9.17) is 22.9 Å². The van der Waals surface area contributed by atoms with Crippen LogP contribution in [-0.2, 0) is 51.5 Å². The Balaban J connectivity index is 1.46. The fourth-order valence-electron chi connectivity index (χ4n) is 10.7. The highest BCUT2D eigenvalue weighted by Gasteiger charge is 2.37. The molecule has 4 aromatic carbocycles. The summed E-state index contributed by atoms with van der Waals surface area (Å²) >= 11 is 7.48. The second-order valence-corrected chi connectivity index (χ2v) is 25.6.